The smallest absolute Gasteiger partial charge is 0.323 e. The summed E-state index contributed by atoms with van der Waals surface area (Å²) in [6.45, 7) is 0. The maximum atomic E-state index is 11.9. The van der Waals surface area contributed by atoms with Crippen molar-refractivity contribution in [2.45, 2.75) is 6.18 Å². The lowest BCUT2D eigenvalue weighted by atomic mass is 10.7. The van der Waals surface area contributed by atoms with Crippen LogP contribution in [0.3, 0.4) is 0 Å². The zero-order chi connectivity index (χ0) is 10.5. The van der Waals surface area contributed by atoms with Crippen LogP contribution >= 0.6 is 11.8 Å². The van der Waals surface area contributed by atoms with Gasteiger partial charge in [0.25, 0.3) is 0 Å². The minimum Gasteiger partial charge on any atom is -0.323 e. The molecule has 0 saturated carbocycles. The van der Waals surface area contributed by atoms with E-state index in [0.717, 1.165) is 0 Å². The quantitative estimate of drug-likeness (QED) is 0.313. The first-order chi connectivity index (χ1) is 5.91. The van der Waals surface area contributed by atoms with Gasteiger partial charge in [0.2, 0.25) is 5.04 Å². The van der Waals surface area contributed by atoms with Crippen LogP contribution in [0.1, 0.15) is 0 Å². The third-order valence-corrected chi connectivity index (χ3v) is 1.54. The first-order valence-corrected chi connectivity index (χ1v) is 4.22. The topological polar surface area (TPSA) is 50.7 Å². The molecule has 1 N–H and O–H groups in total. The van der Waals surface area contributed by atoms with Gasteiger partial charge in [-0.3, -0.25) is 4.84 Å². The first kappa shape index (κ1) is 12.1. The standard InChI is InChI=1S/C5H7F3N2O2S/c1-9-4(11)12-10-3(13-2)5(6,7)8/h1-2H3,(H,9,11)/b10-3-. The summed E-state index contributed by atoms with van der Waals surface area (Å²) in [5, 5.41) is 3.37. The first-order valence-electron chi connectivity index (χ1n) is 2.99. The number of thioether (sulfide) groups is 1. The van der Waals surface area contributed by atoms with Gasteiger partial charge in [-0.05, 0) is 6.26 Å². The van der Waals surface area contributed by atoms with Gasteiger partial charge in [-0.15, -0.1) is 11.8 Å². The second-order valence-electron chi connectivity index (χ2n) is 1.73. The molecule has 0 rings (SSSR count). The minimum atomic E-state index is -4.59. The number of hydrogen-bond donors (Lipinski definition) is 1. The molecule has 13 heavy (non-hydrogen) atoms. The Kier molecular flexibility index (Phi) is 4.60. The van der Waals surface area contributed by atoms with Crippen molar-refractivity contribution in [3.8, 4) is 0 Å². The number of carbonyl (C=O) groups is 1. The van der Waals surface area contributed by atoms with Crippen molar-refractivity contribution >= 4 is 22.9 Å². The maximum absolute atomic E-state index is 11.9. The largest absolute Gasteiger partial charge is 0.442 e. The van der Waals surface area contributed by atoms with Gasteiger partial charge in [0.05, 0.1) is 0 Å². The summed E-state index contributed by atoms with van der Waals surface area (Å²) in [5.74, 6) is 0. The van der Waals surface area contributed by atoms with Crippen molar-refractivity contribution < 1.29 is 22.8 Å². The van der Waals surface area contributed by atoms with Crippen molar-refractivity contribution in [3.63, 3.8) is 0 Å². The summed E-state index contributed by atoms with van der Waals surface area (Å²) < 4.78 is 35.7. The number of amides is 1. The monoisotopic (exact) mass is 216 g/mol. The van der Waals surface area contributed by atoms with E-state index in [9.17, 15) is 18.0 Å². The predicted molar refractivity (Wildman–Crippen MR) is 42.5 cm³/mol. The lowest BCUT2D eigenvalue weighted by molar-refractivity contribution is -0.0574. The van der Waals surface area contributed by atoms with Gasteiger partial charge in [-0.25, -0.2) is 4.79 Å². The second-order valence-corrected chi connectivity index (χ2v) is 2.52. The Labute approximate surface area is 76.5 Å². The molecule has 0 spiro atoms. The fraction of sp³-hybridized carbons (Fsp3) is 0.600. The maximum Gasteiger partial charge on any atom is 0.442 e. The highest BCUT2D eigenvalue weighted by molar-refractivity contribution is 8.13. The molecule has 8 heteroatoms. The molecule has 0 fully saturated rings. The molecule has 1 amide bonds. The fourth-order valence-electron chi connectivity index (χ4n) is 0.333. The van der Waals surface area contributed by atoms with Gasteiger partial charge >= 0.3 is 12.3 Å². The number of nitrogens with one attached hydrogen (secondary N) is 1. The number of alkyl halides is 3. The Morgan fingerprint density at radius 1 is 1.54 bits per heavy atom. The summed E-state index contributed by atoms with van der Waals surface area (Å²) in [6, 6.07) is 0. The van der Waals surface area contributed by atoms with Gasteiger partial charge < -0.3 is 5.32 Å². The summed E-state index contributed by atoms with van der Waals surface area (Å²) in [7, 11) is 1.21. The molecule has 0 aliphatic carbocycles. The van der Waals surface area contributed by atoms with Crippen molar-refractivity contribution in [2.24, 2.45) is 5.16 Å². The summed E-state index contributed by atoms with van der Waals surface area (Å²) in [4.78, 5) is 14.2. The van der Waals surface area contributed by atoms with Crippen molar-refractivity contribution in [3.05, 3.63) is 0 Å². The average molecular weight is 216 g/mol. The van der Waals surface area contributed by atoms with Crippen LogP contribution in [0.4, 0.5) is 18.0 Å². The Balaban J connectivity index is 4.33. The highest BCUT2D eigenvalue weighted by Gasteiger charge is 2.36. The van der Waals surface area contributed by atoms with Crippen LogP contribution in [0, 0.1) is 0 Å². The molecule has 0 bridgehead atoms. The van der Waals surface area contributed by atoms with Gasteiger partial charge in [0.1, 0.15) is 0 Å². The van der Waals surface area contributed by atoms with Gasteiger partial charge in [0, 0.05) is 7.05 Å². The second kappa shape index (κ2) is 4.95. The van der Waals surface area contributed by atoms with E-state index in [1.54, 1.807) is 0 Å². The predicted octanol–water partition coefficient (Wildman–Crippen LogP) is 1.58. The lowest BCUT2D eigenvalue weighted by Gasteiger charge is -2.05. The van der Waals surface area contributed by atoms with Crippen LogP contribution in [0.2, 0.25) is 0 Å². The molecule has 0 heterocycles. The fourth-order valence-corrected chi connectivity index (χ4v) is 0.677. The van der Waals surface area contributed by atoms with Gasteiger partial charge in [-0.1, -0.05) is 5.16 Å². The molecule has 0 atom stereocenters. The van der Waals surface area contributed by atoms with Crippen molar-refractivity contribution in [1.29, 1.82) is 0 Å². The van der Waals surface area contributed by atoms with E-state index < -0.39 is 17.3 Å². The molecule has 0 unspecified atom stereocenters. The number of nitrogens with zero attached hydrogens (tertiary/aromatic N) is 1. The molecular weight excluding hydrogens is 209 g/mol. The zero-order valence-electron chi connectivity index (χ0n) is 6.81. The van der Waals surface area contributed by atoms with Gasteiger partial charge in [0.15, 0.2) is 0 Å². The molecule has 0 aromatic heterocycles. The average Bonchev–Trinajstić information content (AvgIpc) is 2.02. The number of rotatable bonds is 1. The molecule has 4 nitrogen and oxygen atoms in total. The molecular formula is C5H7F3N2O2S. The lowest BCUT2D eigenvalue weighted by Crippen LogP contribution is -2.22. The molecule has 0 aromatic rings. The van der Waals surface area contributed by atoms with Crippen LogP contribution < -0.4 is 5.32 Å². The van der Waals surface area contributed by atoms with Crippen LogP contribution in [-0.4, -0.2) is 30.6 Å². The highest BCUT2D eigenvalue weighted by Crippen LogP contribution is 2.23. The molecule has 0 aliphatic heterocycles. The molecule has 0 aromatic carbocycles. The van der Waals surface area contributed by atoms with Crippen LogP contribution in [-0.2, 0) is 4.84 Å². The van der Waals surface area contributed by atoms with E-state index in [1.165, 1.54) is 13.3 Å². The number of oxime groups is 1. The molecule has 0 saturated heterocycles. The third kappa shape index (κ3) is 4.61. The summed E-state index contributed by atoms with van der Waals surface area (Å²) in [5.41, 5.74) is 0. The van der Waals surface area contributed by atoms with E-state index in [2.05, 4.69) is 9.99 Å². The van der Waals surface area contributed by atoms with Crippen molar-refractivity contribution in [2.75, 3.05) is 13.3 Å². The highest BCUT2D eigenvalue weighted by atomic mass is 32.2. The number of carbonyl (C=O) groups excluding carboxylic acids is 1. The van der Waals surface area contributed by atoms with E-state index in [-0.39, 0.29) is 0 Å². The van der Waals surface area contributed by atoms with E-state index in [1.807, 2.05) is 5.32 Å². The Morgan fingerprint density at radius 2 is 2.08 bits per heavy atom. The Morgan fingerprint density at radius 3 is 2.38 bits per heavy atom. The molecule has 76 valence electrons. The van der Waals surface area contributed by atoms with Crippen LogP contribution in [0.25, 0.3) is 0 Å². The number of hydrogen-bond acceptors (Lipinski definition) is 4. The van der Waals surface area contributed by atoms with Crippen LogP contribution in [0.5, 0.6) is 0 Å². The van der Waals surface area contributed by atoms with E-state index in [0.29, 0.717) is 11.8 Å². The summed E-state index contributed by atoms with van der Waals surface area (Å²) in [6.07, 6.45) is -4.46. The Hall–Kier alpha value is -0.920. The minimum absolute atomic E-state index is 0.349. The van der Waals surface area contributed by atoms with Crippen LogP contribution in [0.15, 0.2) is 5.16 Å². The SMILES string of the molecule is CNC(=O)O/N=C(\SC)C(F)(F)F. The van der Waals surface area contributed by atoms with Crippen molar-refractivity contribution in [1.82, 2.24) is 5.32 Å². The molecule has 0 aliphatic rings. The zero-order valence-corrected chi connectivity index (χ0v) is 7.62. The van der Waals surface area contributed by atoms with E-state index in [4.69, 9.17) is 0 Å². The number of halogens is 3. The third-order valence-electron chi connectivity index (χ3n) is 0.851. The normalized spacial score (nSPS) is 12.5. The van der Waals surface area contributed by atoms with E-state index >= 15 is 0 Å². The van der Waals surface area contributed by atoms with Gasteiger partial charge in [-0.2, -0.15) is 13.2 Å². The molecule has 0 radical (unpaired) electrons. The summed E-state index contributed by atoms with van der Waals surface area (Å²) >= 11 is 0.349. The Bertz CT molecular complexity index is 216.